The number of pyridine rings is 1. The quantitative estimate of drug-likeness (QED) is 0.858. The van der Waals surface area contributed by atoms with Gasteiger partial charge >= 0.3 is 0 Å². The monoisotopic (exact) mass is 218 g/mol. The van der Waals surface area contributed by atoms with E-state index in [1.165, 1.54) is 0 Å². The van der Waals surface area contributed by atoms with Gasteiger partial charge in [-0.15, -0.1) is 0 Å². The summed E-state index contributed by atoms with van der Waals surface area (Å²) < 4.78 is 10.5. The maximum Gasteiger partial charge on any atom is 0.160 e. The second kappa shape index (κ2) is 4.26. The van der Waals surface area contributed by atoms with Gasteiger partial charge in [0.15, 0.2) is 5.75 Å². The average molecular weight is 218 g/mol. The molecule has 2 aromatic rings. The zero-order valence-electron chi connectivity index (χ0n) is 9.36. The molecule has 4 heteroatoms. The van der Waals surface area contributed by atoms with Crippen molar-refractivity contribution >= 4 is 16.6 Å². The number of ether oxygens (including phenoxy) is 2. The average Bonchev–Trinajstić information content (AvgIpc) is 2.31. The molecular formula is C12H14N2O2. The highest BCUT2D eigenvalue weighted by molar-refractivity contribution is 5.93. The molecule has 2 N–H and O–H groups in total. The normalized spacial score (nSPS) is 10.4. The first-order chi connectivity index (χ1) is 7.76. The largest absolute Gasteiger partial charge is 0.494 e. The van der Waals surface area contributed by atoms with Gasteiger partial charge in [0.2, 0.25) is 0 Å². The van der Waals surface area contributed by atoms with Crippen LogP contribution in [0.2, 0.25) is 0 Å². The van der Waals surface area contributed by atoms with E-state index in [-0.39, 0.29) is 0 Å². The molecule has 1 aromatic heterocycles. The number of anilines is 1. The van der Waals surface area contributed by atoms with Crippen LogP contribution in [0.15, 0.2) is 24.4 Å². The maximum absolute atomic E-state index is 5.97. The first kappa shape index (κ1) is 10.5. The van der Waals surface area contributed by atoms with Crippen molar-refractivity contribution < 1.29 is 9.47 Å². The van der Waals surface area contributed by atoms with Gasteiger partial charge in [0.1, 0.15) is 5.75 Å². The van der Waals surface area contributed by atoms with Crippen LogP contribution in [0.1, 0.15) is 6.92 Å². The lowest BCUT2D eigenvalue weighted by molar-refractivity contribution is 0.340. The first-order valence-electron chi connectivity index (χ1n) is 5.11. The Morgan fingerprint density at radius 2 is 2.19 bits per heavy atom. The molecule has 84 valence electrons. The minimum Gasteiger partial charge on any atom is -0.494 e. The highest BCUT2D eigenvalue weighted by Gasteiger charge is 2.06. The van der Waals surface area contributed by atoms with Gasteiger partial charge in [-0.25, -0.2) is 0 Å². The number of nitrogens with zero attached hydrogens (tertiary/aromatic N) is 1. The summed E-state index contributed by atoms with van der Waals surface area (Å²) >= 11 is 0. The van der Waals surface area contributed by atoms with Crippen LogP contribution in [-0.4, -0.2) is 18.7 Å². The van der Waals surface area contributed by atoms with Crippen LogP contribution >= 0.6 is 0 Å². The molecule has 0 fully saturated rings. The predicted molar refractivity (Wildman–Crippen MR) is 63.9 cm³/mol. The summed E-state index contributed by atoms with van der Waals surface area (Å²) in [5, 5.41) is 0.852. The molecule has 0 bridgehead atoms. The maximum atomic E-state index is 5.97. The lowest BCUT2D eigenvalue weighted by Crippen LogP contribution is -1.96. The Kier molecular flexibility index (Phi) is 2.81. The molecule has 0 aliphatic rings. The van der Waals surface area contributed by atoms with Crippen molar-refractivity contribution in [2.45, 2.75) is 6.92 Å². The molecule has 0 aliphatic heterocycles. The van der Waals surface area contributed by atoms with E-state index in [1.54, 1.807) is 13.3 Å². The number of hydrogen-bond acceptors (Lipinski definition) is 4. The lowest BCUT2D eigenvalue weighted by Gasteiger charge is -2.09. The molecule has 1 heterocycles. The summed E-state index contributed by atoms with van der Waals surface area (Å²) in [6.45, 7) is 2.57. The van der Waals surface area contributed by atoms with Crippen LogP contribution in [0, 0.1) is 0 Å². The highest BCUT2D eigenvalue weighted by atomic mass is 16.5. The Morgan fingerprint density at radius 3 is 2.88 bits per heavy atom. The molecule has 16 heavy (non-hydrogen) atoms. The zero-order valence-corrected chi connectivity index (χ0v) is 9.36. The van der Waals surface area contributed by atoms with E-state index in [9.17, 15) is 0 Å². The van der Waals surface area contributed by atoms with Crippen molar-refractivity contribution in [1.82, 2.24) is 4.98 Å². The molecule has 0 saturated carbocycles. The Hall–Kier alpha value is -1.97. The van der Waals surface area contributed by atoms with E-state index < -0.39 is 0 Å². The standard InChI is InChI=1S/C12H14N2O2/c1-3-16-8-4-5-10-9(6-8)12(13)11(15-2)7-14-10/h4-7H,3H2,1-2H3,(H2,13,14). The molecular weight excluding hydrogens is 204 g/mol. The van der Waals surface area contributed by atoms with E-state index in [1.807, 2.05) is 25.1 Å². The Bertz CT molecular complexity index is 512. The van der Waals surface area contributed by atoms with Gasteiger partial charge in [-0.05, 0) is 25.1 Å². The van der Waals surface area contributed by atoms with Gasteiger partial charge in [0.05, 0.1) is 31.1 Å². The second-order valence-corrected chi connectivity index (χ2v) is 3.35. The molecule has 0 spiro atoms. The number of hydrogen-bond donors (Lipinski definition) is 1. The molecule has 0 saturated heterocycles. The van der Waals surface area contributed by atoms with Crippen LogP contribution in [-0.2, 0) is 0 Å². The van der Waals surface area contributed by atoms with E-state index in [0.717, 1.165) is 16.7 Å². The SMILES string of the molecule is CCOc1ccc2ncc(OC)c(N)c2c1. The summed E-state index contributed by atoms with van der Waals surface area (Å²) in [4.78, 5) is 4.25. The summed E-state index contributed by atoms with van der Waals surface area (Å²) in [6.07, 6.45) is 1.62. The van der Waals surface area contributed by atoms with Gasteiger partial charge in [-0.1, -0.05) is 0 Å². The van der Waals surface area contributed by atoms with Gasteiger partial charge in [0.25, 0.3) is 0 Å². The molecule has 1 aromatic carbocycles. The minimum atomic E-state index is 0.584. The third-order valence-corrected chi connectivity index (χ3v) is 2.38. The summed E-state index contributed by atoms with van der Waals surface area (Å²) in [7, 11) is 1.58. The molecule has 0 amide bonds. The third kappa shape index (κ3) is 1.74. The Morgan fingerprint density at radius 1 is 1.38 bits per heavy atom. The van der Waals surface area contributed by atoms with Gasteiger partial charge in [-0.3, -0.25) is 4.98 Å². The number of nitrogen functional groups attached to an aromatic ring is 1. The molecule has 0 radical (unpaired) electrons. The van der Waals surface area contributed by atoms with Crippen molar-refractivity contribution in [2.75, 3.05) is 19.5 Å². The molecule has 0 unspecified atom stereocenters. The number of fused-ring (bicyclic) bond motifs is 1. The van der Waals surface area contributed by atoms with Crippen LogP contribution in [0.3, 0.4) is 0 Å². The summed E-state index contributed by atoms with van der Waals surface area (Å²) in [5.74, 6) is 1.37. The summed E-state index contributed by atoms with van der Waals surface area (Å²) in [6, 6.07) is 5.64. The molecule has 4 nitrogen and oxygen atoms in total. The third-order valence-electron chi connectivity index (χ3n) is 2.38. The van der Waals surface area contributed by atoms with Gasteiger partial charge < -0.3 is 15.2 Å². The van der Waals surface area contributed by atoms with Crippen molar-refractivity contribution in [3.63, 3.8) is 0 Å². The Labute approximate surface area is 94.0 Å². The van der Waals surface area contributed by atoms with Crippen molar-refractivity contribution in [2.24, 2.45) is 0 Å². The molecule has 0 aliphatic carbocycles. The number of rotatable bonds is 3. The van der Waals surface area contributed by atoms with Crippen LogP contribution in [0.5, 0.6) is 11.5 Å². The second-order valence-electron chi connectivity index (χ2n) is 3.35. The topological polar surface area (TPSA) is 57.4 Å². The van der Waals surface area contributed by atoms with Crippen LogP contribution < -0.4 is 15.2 Å². The van der Waals surface area contributed by atoms with E-state index in [2.05, 4.69) is 4.98 Å². The minimum absolute atomic E-state index is 0.584. The summed E-state index contributed by atoms with van der Waals surface area (Å²) in [5.41, 5.74) is 7.40. The predicted octanol–water partition coefficient (Wildman–Crippen LogP) is 2.22. The fourth-order valence-electron chi connectivity index (χ4n) is 1.59. The van der Waals surface area contributed by atoms with Crippen LogP contribution in [0.4, 0.5) is 5.69 Å². The van der Waals surface area contributed by atoms with Crippen molar-refractivity contribution in [1.29, 1.82) is 0 Å². The van der Waals surface area contributed by atoms with Crippen molar-refractivity contribution in [3.05, 3.63) is 24.4 Å². The smallest absolute Gasteiger partial charge is 0.160 e. The van der Waals surface area contributed by atoms with Gasteiger partial charge in [-0.2, -0.15) is 0 Å². The van der Waals surface area contributed by atoms with E-state index >= 15 is 0 Å². The van der Waals surface area contributed by atoms with E-state index in [4.69, 9.17) is 15.2 Å². The highest BCUT2D eigenvalue weighted by Crippen LogP contribution is 2.30. The van der Waals surface area contributed by atoms with E-state index in [0.29, 0.717) is 18.0 Å². The number of benzene rings is 1. The van der Waals surface area contributed by atoms with Gasteiger partial charge in [0, 0.05) is 5.39 Å². The number of nitrogens with two attached hydrogens (primary N) is 1. The zero-order chi connectivity index (χ0) is 11.5. The van der Waals surface area contributed by atoms with Crippen LogP contribution in [0.25, 0.3) is 10.9 Å². The fourth-order valence-corrected chi connectivity index (χ4v) is 1.59. The Balaban J connectivity index is 2.60. The molecule has 0 atom stereocenters. The lowest BCUT2D eigenvalue weighted by atomic mass is 10.1. The number of aromatic nitrogens is 1. The molecule has 2 rings (SSSR count). The number of methoxy groups -OCH3 is 1. The fraction of sp³-hybridized carbons (Fsp3) is 0.250. The first-order valence-corrected chi connectivity index (χ1v) is 5.11. The van der Waals surface area contributed by atoms with Crippen molar-refractivity contribution in [3.8, 4) is 11.5 Å².